The maximum Gasteiger partial charge on any atom is 0.338 e. The van der Waals surface area contributed by atoms with Crippen molar-refractivity contribution in [1.29, 1.82) is 0 Å². The summed E-state index contributed by atoms with van der Waals surface area (Å²) < 4.78 is 7.16. The molecular weight excluding hydrogens is 402 g/mol. The number of hydrogen-bond donors (Lipinski definition) is 0. The third kappa shape index (κ3) is 3.92. The second kappa shape index (κ2) is 8.42. The Labute approximate surface area is 176 Å². The molecule has 0 aliphatic heterocycles. The minimum absolute atomic E-state index is 0.00948. The molecule has 0 unspecified atom stereocenters. The number of anilines is 2. The lowest BCUT2D eigenvalue weighted by atomic mass is 10.2. The van der Waals surface area contributed by atoms with Gasteiger partial charge in [0.1, 0.15) is 12.1 Å². The van der Waals surface area contributed by atoms with Crippen LogP contribution in [-0.4, -0.2) is 31.9 Å². The van der Waals surface area contributed by atoms with Crippen LogP contribution in [0.2, 0.25) is 0 Å². The Bertz CT molecular complexity index is 1200. The van der Waals surface area contributed by atoms with Crippen LogP contribution in [0.4, 0.5) is 10.8 Å². The number of rotatable bonds is 6. The van der Waals surface area contributed by atoms with Gasteiger partial charge in [0.2, 0.25) is 5.91 Å². The molecule has 9 heteroatoms. The fourth-order valence-electron chi connectivity index (χ4n) is 3.02. The van der Waals surface area contributed by atoms with E-state index in [1.54, 1.807) is 28.3 Å². The van der Waals surface area contributed by atoms with Crippen molar-refractivity contribution >= 4 is 45.1 Å². The number of amides is 1. The van der Waals surface area contributed by atoms with E-state index in [0.29, 0.717) is 28.5 Å². The molecule has 1 amide bonds. The molecule has 2 heterocycles. The van der Waals surface area contributed by atoms with Crippen molar-refractivity contribution in [3.05, 3.63) is 65.2 Å². The molecular formula is C21H19N5O3S. The Kier molecular flexibility index (Phi) is 5.53. The summed E-state index contributed by atoms with van der Waals surface area (Å²) >= 11 is 1.32. The molecule has 4 aromatic rings. The second-order valence-corrected chi connectivity index (χ2v) is 7.33. The fraction of sp³-hybridized carbons (Fsp3) is 0.190. The number of nitrogens with zero attached hydrogens (tertiary/aromatic N) is 5. The molecule has 152 valence electrons. The zero-order valence-electron chi connectivity index (χ0n) is 16.5. The highest BCUT2D eigenvalue weighted by molar-refractivity contribution is 7.14. The van der Waals surface area contributed by atoms with Crippen molar-refractivity contribution in [2.45, 2.75) is 27.0 Å². The summed E-state index contributed by atoms with van der Waals surface area (Å²) in [6.45, 7) is 4.17. The van der Waals surface area contributed by atoms with Crippen LogP contribution < -0.4 is 4.90 Å². The highest BCUT2D eigenvalue weighted by Gasteiger charge is 2.18. The first-order valence-electron chi connectivity index (χ1n) is 9.37. The van der Waals surface area contributed by atoms with Gasteiger partial charge in [0.25, 0.3) is 0 Å². The number of para-hydroxylation sites is 1. The molecule has 2 aromatic carbocycles. The number of esters is 1. The first kappa shape index (κ1) is 19.7. The van der Waals surface area contributed by atoms with Crippen molar-refractivity contribution in [2.75, 3.05) is 4.90 Å². The highest BCUT2D eigenvalue weighted by atomic mass is 32.1. The van der Waals surface area contributed by atoms with E-state index in [0.717, 1.165) is 11.2 Å². The summed E-state index contributed by atoms with van der Waals surface area (Å²) in [6.07, 6.45) is 0. The van der Waals surface area contributed by atoms with E-state index >= 15 is 0 Å². The predicted octanol–water partition coefficient (Wildman–Crippen LogP) is 3.95. The molecule has 0 bridgehead atoms. The van der Waals surface area contributed by atoms with Crippen LogP contribution in [0.15, 0.2) is 53.9 Å². The molecule has 4 rings (SSSR count). The van der Waals surface area contributed by atoms with E-state index in [-0.39, 0.29) is 12.5 Å². The summed E-state index contributed by atoms with van der Waals surface area (Å²) in [4.78, 5) is 30.6. The third-order valence-electron chi connectivity index (χ3n) is 4.46. The van der Waals surface area contributed by atoms with Crippen LogP contribution >= 0.6 is 11.3 Å². The van der Waals surface area contributed by atoms with E-state index in [4.69, 9.17) is 4.74 Å². The molecule has 0 radical (unpaired) electrons. The Morgan fingerprint density at radius 1 is 1.17 bits per heavy atom. The van der Waals surface area contributed by atoms with Gasteiger partial charge >= 0.3 is 5.97 Å². The number of ether oxygens (including phenoxy) is 1. The number of fused-ring (bicyclic) bond motifs is 1. The minimum Gasteiger partial charge on any atom is -0.456 e. The summed E-state index contributed by atoms with van der Waals surface area (Å²) in [5.74, 6) is -0.614. The normalized spacial score (nSPS) is 10.9. The number of hydrogen-bond acceptors (Lipinski definition) is 7. The molecule has 0 aliphatic rings. The molecule has 8 nitrogen and oxygen atoms in total. The number of aromatic nitrogens is 4. The summed E-state index contributed by atoms with van der Waals surface area (Å²) in [5, 5.41) is 10.4. The van der Waals surface area contributed by atoms with Crippen molar-refractivity contribution in [2.24, 2.45) is 0 Å². The number of carbonyl (C=O) groups excluding carboxylic acids is 2. The highest BCUT2D eigenvalue weighted by Crippen LogP contribution is 2.29. The lowest BCUT2D eigenvalue weighted by Crippen LogP contribution is -2.22. The van der Waals surface area contributed by atoms with Crippen molar-refractivity contribution in [3.8, 4) is 0 Å². The van der Waals surface area contributed by atoms with Gasteiger partial charge in [-0.2, -0.15) is 0 Å². The van der Waals surface area contributed by atoms with E-state index in [2.05, 4.69) is 15.3 Å². The Morgan fingerprint density at radius 3 is 2.70 bits per heavy atom. The van der Waals surface area contributed by atoms with Crippen LogP contribution in [0.25, 0.3) is 11.0 Å². The molecule has 0 N–H and O–H groups in total. The molecule has 0 aliphatic carbocycles. The van der Waals surface area contributed by atoms with Gasteiger partial charge in [0.15, 0.2) is 5.13 Å². The minimum atomic E-state index is -0.469. The quantitative estimate of drug-likeness (QED) is 0.438. The average Bonchev–Trinajstić information content (AvgIpc) is 3.39. The lowest BCUT2D eigenvalue weighted by molar-refractivity contribution is -0.115. The predicted molar refractivity (Wildman–Crippen MR) is 114 cm³/mol. The number of benzene rings is 2. The van der Waals surface area contributed by atoms with Gasteiger partial charge in [0, 0.05) is 18.8 Å². The lowest BCUT2D eigenvalue weighted by Gasteiger charge is -2.17. The zero-order valence-corrected chi connectivity index (χ0v) is 17.3. The topological polar surface area (TPSA) is 90.2 Å². The Balaban J connectivity index is 1.46. The number of carbonyl (C=O) groups is 2. The van der Waals surface area contributed by atoms with Gasteiger partial charge in [-0.05, 0) is 37.3 Å². The third-order valence-corrected chi connectivity index (χ3v) is 5.34. The van der Waals surface area contributed by atoms with E-state index in [9.17, 15) is 9.59 Å². The first-order chi connectivity index (χ1) is 14.6. The fourth-order valence-corrected chi connectivity index (χ4v) is 3.90. The van der Waals surface area contributed by atoms with Gasteiger partial charge in [0.05, 0.1) is 22.5 Å². The number of thiazole rings is 1. The van der Waals surface area contributed by atoms with Crippen LogP contribution in [0, 0.1) is 0 Å². The molecule has 0 spiro atoms. The summed E-state index contributed by atoms with van der Waals surface area (Å²) in [7, 11) is 0. The Hall–Kier alpha value is -3.59. The molecule has 0 saturated heterocycles. The van der Waals surface area contributed by atoms with Crippen molar-refractivity contribution < 1.29 is 14.3 Å². The van der Waals surface area contributed by atoms with E-state index < -0.39 is 5.97 Å². The molecule has 30 heavy (non-hydrogen) atoms. The van der Waals surface area contributed by atoms with Crippen LogP contribution in [0.5, 0.6) is 0 Å². The van der Waals surface area contributed by atoms with E-state index in [1.807, 2.05) is 37.3 Å². The summed E-state index contributed by atoms with van der Waals surface area (Å²) in [5.41, 5.74) is 3.21. The smallest absolute Gasteiger partial charge is 0.338 e. The second-order valence-electron chi connectivity index (χ2n) is 6.50. The van der Waals surface area contributed by atoms with Gasteiger partial charge in [-0.25, -0.2) is 14.5 Å². The van der Waals surface area contributed by atoms with Crippen LogP contribution in [0.3, 0.4) is 0 Å². The zero-order chi connectivity index (χ0) is 21.1. The standard InChI is InChI=1S/C21H19N5O3S/c1-3-25-19-10-9-15(11-18(19)23-24-25)20(28)29-12-16-13-30-21(22-16)26(14(2)27)17-7-5-4-6-8-17/h4-11,13H,3,12H2,1-2H3. The maximum atomic E-state index is 12.4. The SMILES string of the molecule is CCn1nnc2cc(C(=O)OCc3csc(N(C(C)=O)c4ccccc4)n3)ccc21. The van der Waals surface area contributed by atoms with Crippen LogP contribution in [-0.2, 0) is 22.7 Å². The van der Waals surface area contributed by atoms with Gasteiger partial charge < -0.3 is 4.74 Å². The maximum absolute atomic E-state index is 12.4. The van der Waals surface area contributed by atoms with Gasteiger partial charge in [-0.3, -0.25) is 9.69 Å². The summed E-state index contributed by atoms with van der Waals surface area (Å²) in [6, 6.07) is 14.4. The average molecular weight is 421 g/mol. The molecule has 2 aromatic heterocycles. The molecule has 0 saturated carbocycles. The first-order valence-corrected chi connectivity index (χ1v) is 10.3. The van der Waals surface area contributed by atoms with Crippen LogP contribution in [0.1, 0.15) is 29.9 Å². The van der Waals surface area contributed by atoms with Crippen molar-refractivity contribution in [3.63, 3.8) is 0 Å². The monoisotopic (exact) mass is 421 g/mol. The van der Waals surface area contributed by atoms with Gasteiger partial charge in [-0.15, -0.1) is 16.4 Å². The molecule has 0 atom stereocenters. The largest absolute Gasteiger partial charge is 0.456 e. The number of aryl methyl sites for hydroxylation is 1. The molecule has 0 fully saturated rings. The Morgan fingerprint density at radius 2 is 1.97 bits per heavy atom. The van der Waals surface area contributed by atoms with E-state index in [1.165, 1.54) is 23.2 Å². The van der Waals surface area contributed by atoms with Crippen molar-refractivity contribution in [1.82, 2.24) is 20.0 Å². The van der Waals surface area contributed by atoms with Gasteiger partial charge in [-0.1, -0.05) is 23.4 Å².